The molecule has 3 rings (SSSR count). The zero-order valence-electron chi connectivity index (χ0n) is 10.6. The van der Waals surface area contributed by atoms with Crippen LogP contribution in [0.5, 0.6) is 0 Å². The quantitative estimate of drug-likeness (QED) is 0.684. The van der Waals surface area contributed by atoms with Gasteiger partial charge in [0.2, 0.25) is 0 Å². The number of fused-ring (bicyclic) bond motifs is 1. The van der Waals surface area contributed by atoms with Gasteiger partial charge in [-0.05, 0) is 54.7 Å². The van der Waals surface area contributed by atoms with E-state index in [2.05, 4.69) is 72.2 Å². The van der Waals surface area contributed by atoms with Crippen molar-refractivity contribution in [3.8, 4) is 0 Å². The van der Waals surface area contributed by atoms with E-state index in [4.69, 9.17) is 0 Å². The van der Waals surface area contributed by atoms with Crippen LogP contribution in [0.15, 0.2) is 52.5 Å². The van der Waals surface area contributed by atoms with Gasteiger partial charge in [0, 0.05) is 4.47 Å². The van der Waals surface area contributed by atoms with Crippen molar-refractivity contribution in [3.63, 3.8) is 0 Å². The Bertz CT molecular complexity index is 633. The van der Waals surface area contributed by atoms with E-state index in [0.29, 0.717) is 0 Å². The van der Waals surface area contributed by atoms with E-state index < -0.39 is 0 Å². The first-order valence-electron chi connectivity index (χ1n) is 6.21. The molecule has 1 aliphatic carbocycles. The lowest BCUT2D eigenvalue weighted by Crippen LogP contribution is -1.87. The molecule has 0 aromatic heterocycles. The molecule has 18 heavy (non-hydrogen) atoms. The van der Waals surface area contributed by atoms with E-state index in [9.17, 15) is 0 Å². The summed E-state index contributed by atoms with van der Waals surface area (Å²) in [5.74, 6) is 0. The van der Waals surface area contributed by atoms with E-state index in [0.717, 1.165) is 6.42 Å². The fourth-order valence-electron chi connectivity index (χ4n) is 2.68. The summed E-state index contributed by atoms with van der Waals surface area (Å²) in [7, 11) is 0. The molecule has 0 heterocycles. The van der Waals surface area contributed by atoms with Crippen LogP contribution in [0.2, 0.25) is 0 Å². The largest absolute Gasteiger partial charge is 0.0605 e. The number of hydrogen-bond acceptors (Lipinski definition) is 0. The smallest absolute Gasteiger partial charge is 0.0178 e. The predicted molar refractivity (Wildman–Crippen MR) is 80.7 cm³/mol. The molecule has 0 unspecified atom stereocenters. The molecule has 0 saturated heterocycles. The van der Waals surface area contributed by atoms with Crippen molar-refractivity contribution in [2.75, 3.05) is 0 Å². The first kappa shape index (κ1) is 11.7. The predicted octanol–water partition coefficient (Wildman–Crippen LogP) is 5.14. The maximum atomic E-state index is 3.55. The summed E-state index contributed by atoms with van der Waals surface area (Å²) >= 11 is 3.55. The summed E-state index contributed by atoms with van der Waals surface area (Å²) in [5, 5.41) is 0. The Balaban J connectivity index is 2.13. The third-order valence-electron chi connectivity index (χ3n) is 3.56. The van der Waals surface area contributed by atoms with Crippen molar-refractivity contribution in [1.29, 1.82) is 0 Å². The van der Waals surface area contributed by atoms with E-state index in [1.807, 2.05) is 0 Å². The van der Waals surface area contributed by atoms with Gasteiger partial charge in [0.1, 0.15) is 0 Å². The lowest BCUT2D eigenvalue weighted by atomic mass is 9.97. The number of halogens is 1. The van der Waals surface area contributed by atoms with Gasteiger partial charge in [-0.3, -0.25) is 0 Å². The molecule has 0 spiro atoms. The molecule has 0 bridgehead atoms. The highest BCUT2D eigenvalue weighted by Crippen LogP contribution is 2.38. The van der Waals surface area contributed by atoms with Crippen LogP contribution in [0.25, 0.3) is 5.57 Å². The molecule has 0 fully saturated rings. The second-order valence-electron chi connectivity index (χ2n) is 5.00. The second kappa shape index (κ2) is 4.40. The summed E-state index contributed by atoms with van der Waals surface area (Å²) in [5.41, 5.74) is 8.34. The average Bonchev–Trinajstić information content (AvgIpc) is 2.65. The highest BCUT2D eigenvalue weighted by molar-refractivity contribution is 9.10. The fraction of sp³-hybridized carbons (Fsp3) is 0.176. The SMILES string of the molecule is CC1=C(c2ccc(C)cc2)c2ccc(Br)cc2C1. The molecular formula is C17H15Br. The summed E-state index contributed by atoms with van der Waals surface area (Å²) in [6.07, 6.45) is 1.07. The van der Waals surface area contributed by atoms with Gasteiger partial charge >= 0.3 is 0 Å². The van der Waals surface area contributed by atoms with Crippen LogP contribution >= 0.6 is 15.9 Å². The molecule has 0 atom stereocenters. The minimum absolute atomic E-state index is 1.07. The van der Waals surface area contributed by atoms with Gasteiger partial charge in [-0.2, -0.15) is 0 Å². The summed E-state index contributed by atoms with van der Waals surface area (Å²) < 4.78 is 1.17. The Morgan fingerprint density at radius 3 is 2.39 bits per heavy atom. The van der Waals surface area contributed by atoms with Gasteiger partial charge in [-0.15, -0.1) is 0 Å². The van der Waals surface area contributed by atoms with E-state index in [1.165, 1.54) is 37.9 Å². The zero-order valence-corrected chi connectivity index (χ0v) is 12.2. The van der Waals surface area contributed by atoms with Crippen LogP contribution in [0.3, 0.4) is 0 Å². The van der Waals surface area contributed by atoms with Gasteiger partial charge in [0.25, 0.3) is 0 Å². The van der Waals surface area contributed by atoms with Crippen LogP contribution in [0.4, 0.5) is 0 Å². The molecule has 2 aromatic carbocycles. The van der Waals surface area contributed by atoms with Gasteiger partial charge in [-0.25, -0.2) is 0 Å². The van der Waals surface area contributed by atoms with Gasteiger partial charge in [-0.1, -0.05) is 57.4 Å². The number of allylic oxidation sites excluding steroid dienone is 1. The first-order valence-corrected chi connectivity index (χ1v) is 7.00. The maximum Gasteiger partial charge on any atom is 0.0178 e. The molecule has 2 aromatic rings. The van der Waals surface area contributed by atoms with Crippen molar-refractivity contribution in [3.05, 3.63) is 74.8 Å². The van der Waals surface area contributed by atoms with Crippen LogP contribution in [-0.4, -0.2) is 0 Å². The number of rotatable bonds is 1. The minimum atomic E-state index is 1.07. The third-order valence-corrected chi connectivity index (χ3v) is 4.05. The number of hydrogen-bond donors (Lipinski definition) is 0. The highest BCUT2D eigenvalue weighted by atomic mass is 79.9. The van der Waals surface area contributed by atoms with Crippen molar-refractivity contribution >= 4 is 21.5 Å². The molecule has 1 aliphatic rings. The molecule has 0 nitrogen and oxygen atoms in total. The fourth-order valence-corrected chi connectivity index (χ4v) is 3.09. The van der Waals surface area contributed by atoms with Crippen LogP contribution in [-0.2, 0) is 6.42 Å². The van der Waals surface area contributed by atoms with E-state index >= 15 is 0 Å². The summed E-state index contributed by atoms with van der Waals surface area (Å²) in [4.78, 5) is 0. The third kappa shape index (κ3) is 1.93. The minimum Gasteiger partial charge on any atom is -0.0605 e. The summed E-state index contributed by atoms with van der Waals surface area (Å²) in [6.45, 7) is 4.37. The molecule has 0 saturated carbocycles. The molecule has 0 amide bonds. The van der Waals surface area contributed by atoms with Crippen molar-refractivity contribution in [1.82, 2.24) is 0 Å². The Labute approximate surface area is 116 Å². The maximum absolute atomic E-state index is 3.55. The average molecular weight is 299 g/mol. The Hall–Kier alpha value is -1.34. The molecule has 0 N–H and O–H groups in total. The lowest BCUT2D eigenvalue weighted by Gasteiger charge is -2.08. The van der Waals surface area contributed by atoms with Gasteiger partial charge in [0.15, 0.2) is 0 Å². The standard InChI is InChI=1S/C17H15Br/c1-11-3-5-13(6-4-11)17-12(2)9-14-10-15(18)7-8-16(14)17/h3-8,10H,9H2,1-2H3. The molecule has 0 aliphatic heterocycles. The Morgan fingerprint density at radius 2 is 1.67 bits per heavy atom. The van der Waals surface area contributed by atoms with Crippen molar-refractivity contribution < 1.29 is 0 Å². The Kier molecular flexibility index (Phi) is 2.87. The monoisotopic (exact) mass is 298 g/mol. The van der Waals surface area contributed by atoms with E-state index in [-0.39, 0.29) is 0 Å². The first-order chi connectivity index (χ1) is 8.65. The van der Waals surface area contributed by atoms with Crippen LogP contribution in [0, 0.1) is 6.92 Å². The number of benzene rings is 2. The normalized spacial score (nSPS) is 13.9. The van der Waals surface area contributed by atoms with Crippen LogP contribution in [0.1, 0.15) is 29.2 Å². The topological polar surface area (TPSA) is 0 Å². The second-order valence-corrected chi connectivity index (χ2v) is 5.92. The highest BCUT2D eigenvalue weighted by Gasteiger charge is 2.19. The molecule has 90 valence electrons. The molecule has 1 heteroatoms. The zero-order chi connectivity index (χ0) is 12.7. The van der Waals surface area contributed by atoms with E-state index in [1.54, 1.807) is 0 Å². The van der Waals surface area contributed by atoms with Gasteiger partial charge in [0.05, 0.1) is 0 Å². The molecule has 0 radical (unpaired) electrons. The van der Waals surface area contributed by atoms with Crippen molar-refractivity contribution in [2.45, 2.75) is 20.3 Å². The molecular weight excluding hydrogens is 284 g/mol. The van der Waals surface area contributed by atoms with Gasteiger partial charge < -0.3 is 0 Å². The number of aryl methyl sites for hydroxylation is 1. The van der Waals surface area contributed by atoms with Crippen molar-refractivity contribution in [2.24, 2.45) is 0 Å². The van der Waals surface area contributed by atoms with Crippen LogP contribution < -0.4 is 0 Å². The lowest BCUT2D eigenvalue weighted by molar-refractivity contribution is 1.19. The Morgan fingerprint density at radius 1 is 0.944 bits per heavy atom. The summed E-state index contributed by atoms with van der Waals surface area (Å²) in [6, 6.07) is 15.4.